The Balaban J connectivity index is 1.93. The molecule has 2 aromatic rings. The molecule has 4 heteroatoms. The summed E-state index contributed by atoms with van der Waals surface area (Å²) in [6.07, 6.45) is 3.80. The Kier molecular flexibility index (Phi) is 4.56. The lowest BCUT2D eigenvalue weighted by Gasteiger charge is -2.29. The van der Waals surface area contributed by atoms with Gasteiger partial charge in [0.15, 0.2) is 0 Å². The van der Waals surface area contributed by atoms with E-state index in [9.17, 15) is 0 Å². The minimum absolute atomic E-state index is 0.879. The van der Waals surface area contributed by atoms with Crippen LogP contribution in [0.4, 0.5) is 17.5 Å². The molecule has 0 amide bonds. The van der Waals surface area contributed by atoms with Gasteiger partial charge in [-0.3, -0.25) is 0 Å². The molecular weight excluding hydrogens is 272 g/mol. The first-order valence-electron chi connectivity index (χ1n) is 8.21. The zero-order valence-electron chi connectivity index (χ0n) is 13.5. The number of rotatable bonds is 4. The lowest BCUT2D eigenvalue weighted by atomic mass is 10.1. The molecule has 116 valence electrons. The van der Waals surface area contributed by atoms with Crippen molar-refractivity contribution >= 4 is 17.5 Å². The van der Waals surface area contributed by atoms with Crippen molar-refractivity contribution in [2.24, 2.45) is 0 Å². The quantitative estimate of drug-likeness (QED) is 0.855. The molecule has 4 nitrogen and oxygen atoms in total. The van der Waals surface area contributed by atoms with Gasteiger partial charge in [0.25, 0.3) is 0 Å². The van der Waals surface area contributed by atoms with Crippen molar-refractivity contribution in [2.45, 2.75) is 33.1 Å². The number of nitrogens with zero attached hydrogens (tertiary/aromatic N) is 4. The fourth-order valence-electron chi connectivity index (χ4n) is 2.99. The molecule has 1 aliphatic heterocycles. The van der Waals surface area contributed by atoms with Crippen LogP contribution in [0.5, 0.6) is 0 Å². The summed E-state index contributed by atoms with van der Waals surface area (Å²) in [6.45, 7) is 7.24. The highest BCUT2D eigenvalue weighted by Gasteiger charge is 2.17. The average molecular weight is 296 g/mol. The molecule has 3 rings (SSSR count). The van der Waals surface area contributed by atoms with Gasteiger partial charge >= 0.3 is 0 Å². The molecule has 1 aromatic heterocycles. The number of piperidine rings is 1. The van der Waals surface area contributed by atoms with Crippen LogP contribution in [0.25, 0.3) is 0 Å². The molecule has 1 aliphatic rings. The zero-order chi connectivity index (χ0) is 15.4. The lowest BCUT2D eigenvalue weighted by Crippen LogP contribution is -2.31. The summed E-state index contributed by atoms with van der Waals surface area (Å²) in [4.78, 5) is 14.1. The fourth-order valence-corrected chi connectivity index (χ4v) is 2.99. The van der Waals surface area contributed by atoms with Crippen LogP contribution >= 0.6 is 0 Å². The van der Waals surface area contributed by atoms with Gasteiger partial charge in [0.05, 0.1) is 0 Å². The normalized spacial score (nSPS) is 14.9. The SMILES string of the molecule is CCN(c1ccccc1)c1cc(C)nc(N2CCCCC2)n1. The molecule has 0 bridgehead atoms. The molecule has 1 fully saturated rings. The summed E-state index contributed by atoms with van der Waals surface area (Å²) < 4.78 is 0. The smallest absolute Gasteiger partial charge is 0.227 e. The summed E-state index contributed by atoms with van der Waals surface area (Å²) in [7, 11) is 0. The van der Waals surface area contributed by atoms with Gasteiger partial charge in [-0.2, -0.15) is 4.98 Å². The number of hydrogen-bond acceptors (Lipinski definition) is 4. The maximum atomic E-state index is 4.85. The lowest BCUT2D eigenvalue weighted by molar-refractivity contribution is 0.567. The van der Waals surface area contributed by atoms with E-state index in [2.05, 4.69) is 59.0 Å². The molecule has 0 aliphatic carbocycles. The molecule has 1 aromatic carbocycles. The third-order valence-corrected chi connectivity index (χ3v) is 4.13. The van der Waals surface area contributed by atoms with Crippen LogP contribution in [0.15, 0.2) is 36.4 Å². The van der Waals surface area contributed by atoms with E-state index in [-0.39, 0.29) is 0 Å². The van der Waals surface area contributed by atoms with Crippen molar-refractivity contribution in [1.29, 1.82) is 0 Å². The average Bonchev–Trinajstić information content (AvgIpc) is 2.57. The first-order chi connectivity index (χ1) is 10.8. The van der Waals surface area contributed by atoms with Gasteiger partial charge in [0.1, 0.15) is 5.82 Å². The number of aryl methyl sites for hydroxylation is 1. The van der Waals surface area contributed by atoms with Crippen LogP contribution in [0.2, 0.25) is 0 Å². The van der Waals surface area contributed by atoms with Crippen molar-refractivity contribution < 1.29 is 0 Å². The predicted molar refractivity (Wildman–Crippen MR) is 92.0 cm³/mol. The first kappa shape index (κ1) is 14.8. The largest absolute Gasteiger partial charge is 0.341 e. The van der Waals surface area contributed by atoms with Crippen LogP contribution in [-0.4, -0.2) is 29.6 Å². The Morgan fingerprint density at radius 3 is 2.45 bits per heavy atom. The van der Waals surface area contributed by atoms with Gasteiger partial charge in [-0.15, -0.1) is 0 Å². The molecular formula is C18H24N4. The Morgan fingerprint density at radius 2 is 1.77 bits per heavy atom. The van der Waals surface area contributed by atoms with Crippen LogP contribution in [0, 0.1) is 6.92 Å². The van der Waals surface area contributed by atoms with Crippen molar-refractivity contribution in [3.8, 4) is 0 Å². The second-order valence-electron chi connectivity index (χ2n) is 5.80. The highest BCUT2D eigenvalue weighted by Crippen LogP contribution is 2.26. The molecule has 0 atom stereocenters. The van der Waals surface area contributed by atoms with Crippen LogP contribution in [0.3, 0.4) is 0 Å². The second kappa shape index (κ2) is 6.77. The maximum absolute atomic E-state index is 4.85. The van der Waals surface area contributed by atoms with E-state index < -0.39 is 0 Å². The maximum Gasteiger partial charge on any atom is 0.227 e. The van der Waals surface area contributed by atoms with Gasteiger partial charge < -0.3 is 9.80 Å². The van der Waals surface area contributed by atoms with Gasteiger partial charge in [0, 0.05) is 37.1 Å². The molecule has 1 saturated heterocycles. The fraction of sp³-hybridized carbons (Fsp3) is 0.444. The highest BCUT2D eigenvalue weighted by atomic mass is 15.3. The number of aromatic nitrogens is 2. The van der Waals surface area contributed by atoms with E-state index in [0.29, 0.717) is 0 Å². The minimum atomic E-state index is 0.879. The summed E-state index contributed by atoms with van der Waals surface area (Å²) in [5.74, 6) is 1.87. The monoisotopic (exact) mass is 296 g/mol. The summed E-state index contributed by atoms with van der Waals surface area (Å²) in [6, 6.07) is 12.5. The molecule has 0 radical (unpaired) electrons. The number of hydrogen-bond donors (Lipinski definition) is 0. The third-order valence-electron chi connectivity index (χ3n) is 4.13. The van der Waals surface area contributed by atoms with Gasteiger partial charge in [-0.25, -0.2) is 4.98 Å². The summed E-state index contributed by atoms with van der Waals surface area (Å²) >= 11 is 0. The number of benzene rings is 1. The second-order valence-corrected chi connectivity index (χ2v) is 5.80. The first-order valence-corrected chi connectivity index (χ1v) is 8.21. The Morgan fingerprint density at radius 1 is 1.05 bits per heavy atom. The molecule has 0 saturated carbocycles. The van der Waals surface area contributed by atoms with Gasteiger partial charge in [-0.05, 0) is 45.2 Å². The standard InChI is InChI=1S/C18H24N4/c1-3-22(16-10-6-4-7-11-16)17-14-15(2)19-18(20-17)21-12-8-5-9-13-21/h4,6-7,10-11,14H,3,5,8-9,12-13H2,1-2H3. The van der Waals surface area contributed by atoms with Crippen LogP contribution < -0.4 is 9.80 Å². The predicted octanol–water partition coefficient (Wildman–Crippen LogP) is 3.93. The zero-order valence-corrected chi connectivity index (χ0v) is 13.5. The van der Waals surface area contributed by atoms with E-state index in [1.807, 2.05) is 6.07 Å². The van der Waals surface area contributed by atoms with E-state index in [1.165, 1.54) is 24.9 Å². The molecule has 0 unspecified atom stereocenters. The molecule has 0 N–H and O–H groups in total. The van der Waals surface area contributed by atoms with E-state index in [0.717, 1.165) is 37.1 Å². The molecule has 2 heterocycles. The van der Waals surface area contributed by atoms with Gasteiger partial charge in [-0.1, -0.05) is 18.2 Å². The molecule has 0 spiro atoms. The topological polar surface area (TPSA) is 32.3 Å². The van der Waals surface area contributed by atoms with E-state index in [1.54, 1.807) is 0 Å². The Bertz CT molecular complexity index is 606. The summed E-state index contributed by atoms with van der Waals surface area (Å²) in [5, 5.41) is 0. The van der Waals surface area contributed by atoms with E-state index >= 15 is 0 Å². The number of para-hydroxylation sites is 1. The van der Waals surface area contributed by atoms with Crippen molar-refractivity contribution in [1.82, 2.24) is 9.97 Å². The van der Waals surface area contributed by atoms with Crippen LogP contribution in [-0.2, 0) is 0 Å². The molecule has 22 heavy (non-hydrogen) atoms. The Labute approximate surface area is 132 Å². The van der Waals surface area contributed by atoms with Crippen molar-refractivity contribution in [3.05, 3.63) is 42.1 Å². The van der Waals surface area contributed by atoms with Crippen molar-refractivity contribution in [2.75, 3.05) is 29.4 Å². The van der Waals surface area contributed by atoms with Gasteiger partial charge in [0.2, 0.25) is 5.95 Å². The van der Waals surface area contributed by atoms with Crippen LogP contribution in [0.1, 0.15) is 31.9 Å². The summed E-state index contributed by atoms with van der Waals surface area (Å²) in [5.41, 5.74) is 2.20. The minimum Gasteiger partial charge on any atom is -0.341 e. The van der Waals surface area contributed by atoms with Crippen molar-refractivity contribution in [3.63, 3.8) is 0 Å². The van der Waals surface area contributed by atoms with E-state index in [4.69, 9.17) is 4.98 Å². The number of anilines is 3. The highest BCUT2D eigenvalue weighted by molar-refractivity contribution is 5.61. The third kappa shape index (κ3) is 3.21. The Hall–Kier alpha value is -2.10.